The third kappa shape index (κ3) is 5.89. The number of aliphatic hydroxyl groups excluding tert-OH is 3. The van der Waals surface area contributed by atoms with E-state index < -0.39 is 24.4 Å². The van der Waals surface area contributed by atoms with Crippen molar-refractivity contribution in [2.24, 2.45) is 0 Å². The third-order valence-corrected chi connectivity index (χ3v) is 3.53. The highest BCUT2D eigenvalue weighted by molar-refractivity contribution is 4.89. The van der Waals surface area contributed by atoms with Crippen LogP contribution in [0.3, 0.4) is 0 Å². The van der Waals surface area contributed by atoms with Crippen molar-refractivity contribution in [1.29, 1.82) is 0 Å². The van der Waals surface area contributed by atoms with Gasteiger partial charge in [0.25, 0.3) is 0 Å². The van der Waals surface area contributed by atoms with E-state index in [-0.39, 0.29) is 13.2 Å². The van der Waals surface area contributed by atoms with Crippen molar-refractivity contribution in [1.82, 2.24) is 0 Å². The highest BCUT2D eigenvalue weighted by Gasteiger charge is 2.40. The van der Waals surface area contributed by atoms with Crippen LogP contribution in [-0.4, -0.2) is 59.6 Å². The molecule has 118 valence electrons. The molecule has 4 atom stereocenters. The van der Waals surface area contributed by atoms with Crippen molar-refractivity contribution in [2.45, 2.75) is 63.4 Å². The molecule has 0 saturated carbocycles. The molecular formula is C15H28O5. The van der Waals surface area contributed by atoms with Crippen LogP contribution in [0.4, 0.5) is 0 Å². The van der Waals surface area contributed by atoms with E-state index in [1.165, 1.54) is 25.7 Å². The molecule has 0 aromatic carbocycles. The van der Waals surface area contributed by atoms with Crippen molar-refractivity contribution in [2.75, 3.05) is 19.8 Å². The molecule has 0 radical (unpaired) electrons. The predicted molar refractivity (Wildman–Crippen MR) is 76.5 cm³/mol. The summed E-state index contributed by atoms with van der Waals surface area (Å²) >= 11 is 0. The lowest BCUT2D eigenvalue weighted by Gasteiger charge is -2.23. The Hall–Kier alpha value is -0.460. The maximum absolute atomic E-state index is 9.70. The number of allylic oxidation sites excluding steroid dienone is 1. The lowest BCUT2D eigenvalue weighted by atomic mass is 10.1. The van der Waals surface area contributed by atoms with Gasteiger partial charge in [-0.2, -0.15) is 0 Å². The highest BCUT2D eigenvalue weighted by atomic mass is 16.6. The van der Waals surface area contributed by atoms with Crippen molar-refractivity contribution >= 4 is 0 Å². The Morgan fingerprint density at radius 3 is 2.65 bits per heavy atom. The van der Waals surface area contributed by atoms with Gasteiger partial charge >= 0.3 is 0 Å². The first kappa shape index (κ1) is 17.6. The van der Waals surface area contributed by atoms with Gasteiger partial charge in [0.1, 0.15) is 24.4 Å². The number of rotatable bonds is 10. The molecule has 0 spiro atoms. The van der Waals surface area contributed by atoms with Crippen molar-refractivity contribution in [3.8, 4) is 0 Å². The molecule has 0 aromatic rings. The van der Waals surface area contributed by atoms with Gasteiger partial charge in [-0.1, -0.05) is 38.3 Å². The van der Waals surface area contributed by atoms with Gasteiger partial charge in [-0.25, -0.2) is 0 Å². The standard InChI is InChI=1S/C15H28O5/c1-2-3-4-5-6-7-8-9-19-13(10-16)15-14(18)12(17)11-20-15/h7-8,12-18H,2-6,9-11H2,1H3/b8-7+/t12-,13+,14+,15+/m1/s1. The van der Waals surface area contributed by atoms with Gasteiger partial charge in [-0.15, -0.1) is 0 Å². The van der Waals surface area contributed by atoms with Crippen LogP contribution < -0.4 is 0 Å². The first-order chi connectivity index (χ1) is 9.70. The lowest BCUT2D eigenvalue weighted by Crippen LogP contribution is -2.42. The zero-order valence-electron chi connectivity index (χ0n) is 12.3. The minimum Gasteiger partial charge on any atom is -0.394 e. The Bertz CT molecular complexity index is 269. The van der Waals surface area contributed by atoms with Gasteiger partial charge in [-0.3, -0.25) is 0 Å². The van der Waals surface area contributed by atoms with E-state index in [1.54, 1.807) is 0 Å². The molecule has 5 nitrogen and oxygen atoms in total. The van der Waals surface area contributed by atoms with Crippen molar-refractivity contribution in [3.05, 3.63) is 12.2 Å². The zero-order valence-corrected chi connectivity index (χ0v) is 12.3. The minimum atomic E-state index is -0.995. The Morgan fingerprint density at radius 1 is 1.25 bits per heavy atom. The Balaban J connectivity index is 2.17. The summed E-state index contributed by atoms with van der Waals surface area (Å²) in [6.07, 6.45) is 6.82. The summed E-state index contributed by atoms with van der Waals surface area (Å²) in [4.78, 5) is 0. The molecule has 1 fully saturated rings. The number of ether oxygens (including phenoxy) is 2. The van der Waals surface area contributed by atoms with E-state index in [4.69, 9.17) is 9.47 Å². The fraction of sp³-hybridized carbons (Fsp3) is 0.867. The Kier molecular flexibility index (Phi) is 9.05. The van der Waals surface area contributed by atoms with Crippen LogP contribution in [-0.2, 0) is 9.47 Å². The second kappa shape index (κ2) is 10.3. The van der Waals surface area contributed by atoms with Gasteiger partial charge in [0.05, 0.1) is 19.8 Å². The van der Waals surface area contributed by atoms with E-state index >= 15 is 0 Å². The van der Waals surface area contributed by atoms with Crippen molar-refractivity contribution in [3.63, 3.8) is 0 Å². The molecule has 0 aliphatic carbocycles. The molecule has 1 aliphatic rings. The quantitative estimate of drug-likeness (QED) is 0.413. The summed E-state index contributed by atoms with van der Waals surface area (Å²) in [5, 5.41) is 28.4. The number of hydrogen-bond acceptors (Lipinski definition) is 5. The van der Waals surface area contributed by atoms with Crippen LogP contribution in [0.1, 0.15) is 39.0 Å². The number of hydrogen-bond donors (Lipinski definition) is 3. The molecule has 0 aromatic heterocycles. The maximum atomic E-state index is 9.70. The third-order valence-electron chi connectivity index (χ3n) is 3.53. The number of aliphatic hydroxyl groups is 3. The molecule has 1 rings (SSSR count). The monoisotopic (exact) mass is 288 g/mol. The van der Waals surface area contributed by atoms with Crippen LogP contribution in [0.5, 0.6) is 0 Å². The second-order valence-electron chi connectivity index (χ2n) is 5.23. The summed E-state index contributed by atoms with van der Waals surface area (Å²) in [6, 6.07) is 0. The van der Waals surface area contributed by atoms with Gasteiger partial charge < -0.3 is 24.8 Å². The van der Waals surface area contributed by atoms with Crippen LogP contribution in [0.25, 0.3) is 0 Å². The molecule has 0 amide bonds. The van der Waals surface area contributed by atoms with E-state index in [0.717, 1.165) is 6.42 Å². The highest BCUT2D eigenvalue weighted by Crippen LogP contribution is 2.19. The maximum Gasteiger partial charge on any atom is 0.114 e. The average molecular weight is 288 g/mol. The fourth-order valence-electron chi connectivity index (χ4n) is 2.26. The first-order valence-corrected chi connectivity index (χ1v) is 7.55. The van der Waals surface area contributed by atoms with Crippen LogP contribution in [0.2, 0.25) is 0 Å². The van der Waals surface area contributed by atoms with Gasteiger partial charge in [0, 0.05) is 0 Å². The van der Waals surface area contributed by atoms with Crippen LogP contribution in [0, 0.1) is 0 Å². The van der Waals surface area contributed by atoms with E-state index in [2.05, 4.69) is 13.0 Å². The second-order valence-corrected chi connectivity index (χ2v) is 5.23. The average Bonchev–Trinajstić information content (AvgIpc) is 2.78. The summed E-state index contributed by atoms with van der Waals surface area (Å²) in [5.74, 6) is 0. The lowest BCUT2D eigenvalue weighted by molar-refractivity contribution is -0.0942. The first-order valence-electron chi connectivity index (χ1n) is 7.55. The molecule has 20 heavy (non-hydrogen) atoms. The topological polar surface area (TPSA) is 79.2 Å². The predicted octanol–water partition coefficient (Wildman–Crippen LogP) is 1.01. The normalized spacial score (nSPS) is 28.3. The minimum absolute atomic E-state index is 0.0823. The van der Waals surface area contributed by atoms with Gasteiger partial charge in [-0.05, 0) is 12.8 Å². The molecule has 5 heteroatoms. The van der Waals surface area contributed by atoms with Gasteiger partial charge in [0.15, 0.2) is 0 Å². The van der Waals surface area contributed by atoms with E-state index in [0.29, 0.717) is 6.61 Å². The fourth-order valence-corrected chi connectivity index (χ4v) is 2.26. The SMILES string of the molecule is CCCCCC/C=C/CO[C@@H](CO)[C@@H]1OC[C@@H](O)[C@@H]1O. The van der Waals surface area contributed by atoms with E-state index in [9.17, 15) is 15.3 Å². The Labute approximate surface area is 121 Å². The largest absolute Gasteiger partial charge is 0.394 e. The van der Waals surface area contributed by atoms with Crippen LogP contribution in [0.15, 0.2) is 12.2 Å². The smallest absolute Gasteiger partial charge is 0.114 e. The van der Waals surface area contributed by atoms with Crippen LogP contribution >= 0.6 is 0 Å². The summed E-state index contributed by atoms with van der Waals surface area (Å²) in [6.45, 7) is 2.41. The number of unbranched alkanes of at least 4 members (excludes halogenated alkanes) is 4. The molecule has 1 saturated heterocycles. The molecule has 3 N–H and O–H groups in total. The summed E-state index contributed by atoms with van der Waals surface area (Å²) in [5.41, 5.74) is 0. The molecule has 1 aliphatic heterocycles. The molecular weight excluding hydrogens is 260 g/mol. The van der Waals surface area contributed by atoms with Crippen molar-refractivity contribution < 1.29 is 24.8 Å². The van der Waals surface area contributed by atoms with Gasteiger partial charge in [0.2, 0.25) is 0 Å². The molecule has 1 heterocycles. The Morgan fingerprint density at radius 2 is 2.05 bits per heavy atom. The zero-order chi connectivity index (χ0) is 14.8. The van der Waals surface area contributed by atoms with E-state index in [1.807, 2.05) is 6.08 Å². The molecule has 0 bridgehead atoms. The summed E-state index contributed by atoms with van der Waals surface area (Å²) in [7, 11) is 0. The molecule has 0 unspecified atom stereocenters. The summed E-state index contributed by atoms with van der Waals surface area (Å²) < 4.78 is 10.7.